The van der Waals surface area contributed by atoms with E-state index in [-0.39, 0.29) is 17.5 Å². The topological polar surface area (TPSA) is 17.1 Å². The van der Waals surface area contributed by atoms with Gasteiger partial charge in [-0.25, -0.2) is 4.39 Å². The van der Waals surface area contributed by atoms with Crippen molar-refractivity contribution in [2.75, 3.05) is 0 Å². The van der Waals surface area contributed by atoms with Crippen molar-refractivity contribution < 1.29 is 9.18 Å². The molecule has 0 aliphatic heterocycles. The van der Waals surface area contributed by atoms with E-state index in [0.29, 0.717) is 6.42 Å². The molecule has 19 heavy (non-hydrogen) atoms. The van der Waals surface area contributed by atoms with Gasteiger partial charge < -0.3 is 0 Å². The summed E-state index contributed by atoms with van der Waals surface area (Å²) in [6, 6.07) is 12.3. The first-order valence-electron chi connectivity index (χ1n) is 6.21. The summed E-state index contributed by atoms with van der Waals surface area (Å²) in [5.74, 6) is -0.163. The van der Waals surface area contributed by atoms with Gasteiger partial charge >= 0.3 is 0 Å². The lowest BCUT2D eigenvalue weighted by Gasteiger charge is -2.10. The molecule has 3 heteroatoms. The zero-order valence-corrected chi connectivity index (χ0v) is 11.8. The average Bonchev–Trinajstić information content (AvgIpc) is 2.72. The van der Waals surface area contributed by atoms with Crippen LogP contribution in [0.25, 0.3) is 0 Å². The van der Waals surface area contributed by atoms with E-state index in [1.165, 1.54) is 12.1 Å². The van der Waals surface area contributed by atoms with Crippen LogP contribution < -0.4 is 0 Å². The van der Waals surface area contributed by atoms with Gasteiger partial charge in [-0.05, 0) is 42.2 Å². The Kier molecular flexibility index (Phi) is 3.23. The van der Waals surface area contributed by atoms with Gasteiger partial charge in [0.2, 0.25) is 0 Å². The quantitative estimate of drug-likeness (QED) is 0.811. The van der Waals surface area contributed by atoms with Gasteiger partial charge in [0.25, 0.3) is 0 Å². The lowest BCUT2D eigenvalue weighted by atomic mass is 9.96. The third-order valence-corrected chi connectivity index (χ3v) is 4.37. The Morgan fingerprint density at radius 3 is 2.79 bits per heavy atom. The van der Waals surface area contributed by atoms with Crippen LogP contribution in [-0.2, 0) is 12.8 Å². The summed E-state index contributed by atoms with van der Waals surface area (Å²) in [4.78, 5) is 12.3. The van der Waals surface area contributed by atoms with E-state index in [9.17, 15) is 9.18 Å². The van der Waals surface area contributed by atoms with Crippen LogP contribution in [0.5, 0.6) is 0 Å². The molecule has 2 aromatic rings. The van der Waals surface area contributed by atoms with Gasteiger partial charge in [0, 0.05) is 16.0 Å². The first kappa shape index (κ1) is 12.5. The summed E-state index contributed by atoms with van der Waals surface area (Å²) in [6.07, 6.45) is 1.32. The van der Waals surface area contributed by atoms with Crippen molar-refractivity contribution in [3.05, 3.63) is 69.4 Å². The molecule has 0 radical (unpaired) electrons. The molecule has 3 rings (SSSR count). The standard InChI is InChI=1S/C16H12BrFO/c17-15-6-5-13(18)9-11(15)8-12-7-10-3-1-2-4-14(10)16(12)19/h1-6,9,12H,7-8H2. The number of carbonyl (C=O) groups excluding carboxylic acids is 1. The van der Waals surface area contributed by atoms with Crippen LogP contribution in [-0.4, -0.2) is 5.78 Å². The Morgan fingerprint density at radius 1 is 1.21 bits per heavy atom. The summed E-state index contributed by atoms with van der Waals surface area (Å²) < 4.78 is 14.1. The number of carbonyl (C=O) groups is 1. The van der Waals surface area contributed by atoms with Crippen molar-refractivity contribution in [3.63, 3.8) is 0 Å². The molecule has 0 N–H and O–H groups in total. The van der Waals surface area contributed by atoms with Crippen LogP contribution in [0.3, 0.4) is 0 Å². The highest BCUT2D eigenvalue weighted by atomic mass is 79.9. The number of Topliss-reactive ketones (excluding diaryl/α,β-unsaturated/α-hetero) is 1. The van der Waals surface area contributed by atoms with E-state index >= 15 is 0 Å². The van der Waals surface area contributed by atoms with Gasteiger partial charge in [0.1, 0.15) is 5.82 Å². The van der Waals surface area contributed by atoms with Gasteiger partial charge in [-0.1, -0.05) is 40.2 Å². The lowest BCUT2D eigenvalue weighted by Crippen LogP contribution is -2.12. The maximum absolute atomic E-state index is 13.3. The molecule has 0 spiro atoms. The number of benzene rings is 2. The van der Waals surface area contributed by atoms with Crippen molar-refractivity contribution >= 4 is 21.7 Å². The van der Waals surface area contributed by atoms with Crippen molar-refractivity contribution in [2.45, 2.75) is 12.8 Å². The van der Waals surface area contributed by atoms with Gasteiger partial charge in [-0.15, -0.1) is 0 Å². The fraction of sp³-hybridized carbons (Fsp3) is 0.188. The minimum absolute atomic E-state index is 0.0736. The molecule has 1 unspecified atom stereocenters. The third-order valence-electron chi connectivity index (χ3n) is 3.59. The number of hydrogen-bond donors (Lipinski definition) is 0. The highest BCUT2D eigenvalue weighted by Gasteiger charge is 2.30. The molecule has 2 aromatic carbocycles. The van der Waals surface area contributed by atoms with Crippen LogP contribution in [0.1, 0.15) is 21.5 Å². The molecular formula is C16H12BrFO. The maximum Gasteiger partial charge on any atom is 0.166 e. The molecule has 0 saturated heterocycles. The highest BCUT2D eigenvalue weighted by Crippen LogP contribution is 2.31. The number of ketones is 1. The maximum atomic E-state index is 13.3. The van der Waals surface area contributed by atoms with E-state index in [1.54, 1.807) is 6.07 Å². The Balaban J connectivity index is 1.87. The van der Waals surface area contributed by atoms with Gasteiger partial charge in [-0.2, -0.15) is 0 Å². The second kappa shape index (κ2) is 4.89. The van der Waals surface area contributed by atoms with Crippen LogP contribution in [0.2, 0.25) is 0 Å². The highest BCUT2D eigenvalue weighted by molar-refractivity contribution is 9.10. The Bertz CT molecular complexity index is 651. The normalized spacial score (nSPS) is 17.6. The number of halogens is 2. The Labute approximate surface area is 119 Å². The predicted molar refractivity (Wildman–Crippen MR) is 75.8 cm³/mol. The second-order valence-electron chi connectivity index (χ2n) is 4.86. The molecule has 1 aliphatic carbocycles. The number of fused-ring (bicyclic) bond motifs is 1. The van der Waals surface area contributed by atoms with Crippen LogP contribution in [0.15, 0.2) is 46.9 Å². The molecule has 1 nitrogen and oxygen atoms in total. The fourth-order valence-electron chi connectivity index (χ4n) is 2.65. The first-order valence-corrected chi connectivity index (χ1v) is 7.00. The van der Waals surface area contributed by atoms with Crippen molar-refractivity contribution in [1.82, 2.24) is 0 Å². The molecule has 0 amide bonds. The fourth-order valence-corrected chi connectivity index (χ4v) is 3.06. The monoisotopic (exact) mass is 318 g/mol. The van der Waals surface area contributed by atoms with E-state index in [1.807, 2.05) is 24.3 Å². The third kappa shape index (κ3) is 2.35. The molecular weight excluding hydrogens is 307 g/mol. The SMILES string of the molecule is O=C1c2ccccc2CC1Cc1cc(F)ccc1Br. The minimum Gasteiger partial charge on any atom is -0.294 e. The molecule has 0 aromatic heterocycles. The van der Waals surface area contributed by atoms with E-state index in [2.05, 4.69) is 15.9 Å². The predicted octanol–water partition coefficient (Wildman–Crippen LogP) is 4.19. The van der Waals surface area contributed by atoms with E-state index < -0.39 is 0 Å². The van der Waals surface area contributed by atoms with Crippen molar-refractivity contribution in [2.24, 2.45) is 5.92 Å². The second-order valence-corrected chi connectivity index (χ2v) is 5.72. The van der Waals surface area contributed by atoms with Crippen molar-refractivity contribution in [3.8, 4) is 0 Å². The number of rotatable bonds is 2. The average molecular weight is 319 g/mol. The van der Waals surface area contributed by atoms with Crippen LogP contribution >= 0.6 is 15.9 Å². The molecule has 96 valence electrons. The van der Waals surface area contributed by atoms with E-state index in [4.69, 9.17) is 0 Å². The summed E-state index contributed by atoms with van der Waals surface area (Å²) in [5, 5.41) is 0. The summed E-state index contributed by atoms with van der Waals surface area (Å²) >= 11 is 3.41. The Morgan fingerprint density at radius 2 is 2.00 bits per heavy atom. The molecule has 1 aliphatic rings. The molecule has 0 heterocycles. The molecule has 0 fully saturated rings. The van der Waals surface area contributed by atoms with Gasteiger partial charge in [0.05, 0.1) is 0 Å². The molecule has 0 bridgehead atoms. The van der Waals surface area contributed by atoms with Crippen LogP contribution in [0.4, 0.5) is 4.39 Å². The van der Waals surface area contributed by atoms with Crippen LogP contribution in [0, 0.1) is 11.7 Å². The van der Waals surface area contributed by atoms with Crippen molar-refractivity contribution in [1.29, 1.82) is 0 Å². The van der Waals surface area contributed by atoms with E-state index in [0.717, 1.165) is 27.6 Å². The first-order chi connectivity index (χ1) is 9.15. The minimum atomic E-state index is -0.263. The zero-order valence-electron chi connectivity index (χ0n) is 10.2. The largest absolute Gasteiger partial charge is 0.294 e. The summed E-state index contributed by atoms with van der Waals surface area (Å²) in [6.45, 7) is 0. The lowest BCUT2D eigenvalue weighted by molar-refractivity contribution is 0.0936. The molecule has 0 saturated carbocycles. The van der Waals surface area contributed by atoms with Gasteiger partial charge in [0.15, 0.2) is 5.78 Å². The summed E-state index contributed by atoms with van der Waals surface area (Å²) in [7, 11) is 0. The van der Waals surface area contributed by atoms with Gasteiger partial charge in [-0.3, -0.25) is 4.79 Å². The number of hydrogen-bond acceptors (Lipinski definition) is 1. The Hall–Kier alpha value is -1.48. The molecule has 1 atom stereocenters. The zero-order chi connectivity index (χ0) is 13.4. The smallest absolute Gasteiger partial charge is 0.166 e. The summed E-state index contributed by atoms with van der Waals surface area (Å²) in [5.41, 5.74) is 2.77.